The van der Waals surface area contributed by atoms with Crippen molar-refractivity contribution in [3.05, 3.63) is 102 Å². The van der Waals surface area contributed by atoms with Crippen molar-refractivity contribution in [1.82, 2.24) is 0 Å². The highest BCUT2D eigenvalue weighted by atomic mass is 16.1. The van der Waals surface area contributed by atoms with E-state index < -0.39 is 0 Å². The van der Waals surface area contributed by atoms with Gasteiger partial charge in [0.15, 0.2) is 6.04 Å². The van der Waals surface area contributed by atoms with Crippen LogP contribution < -0.4 is 5.32 Å². The van der Waals surface area contributed by atoms with Gasteiger partial charge in [-0.1, -0.05) is 73.3 Å². The predicted molar refractivity (Wildman–Crippen MR) is 125 cm³/mol. The van der Waals surface area contributed by atoms with Gasteiger partial charge in [-0.05, 0) is 34.4 Å². The van der Waals surface area contributed by atoms with Crippen molar-refractivity contribution in [3.63, 3.8) is 0 Å². The summed E-state index contributed by atoms with van der Waals surface area (Å²) in [5.74, 6) is 0.0576. The van der Waals surface area contributed by atoms with Crippen LogP contribution >= 0.6 is 0 Å². The van der Waals surface area contributed by atoms with Crippen molar-refractivity contribution in [2.24, 2.45) is 0 Å². The van der Waals surface area contributed by atoms with Gasteiger partial charge in [0.2, 0.25) is 5.78 Å². The fraction of sp³-hybridized carbons (Fsp3) is 0.222. The smallest absolute Gasteiger partial charge is 0.217 e. The number of likely N-dealkylation sites (N-methyl/N-ethyl adjacent to an activating group) is 1. The third-order valence-corrected chi connectivity index (χ3v) is 6.14. The Kier molecular flexibility index (Phi) is 5.56. The molecule has 4 rings (SSSR count). The van der Waals surface area contributed by atoms with E-state index in [4.69, 9.17) is 0 Å². The molecule has 1 unspecified atom stereocenters. The molecule has 0 radical (unpaired) electrons. The molecule has 3 aromatic carbocycles. The highest BCUT2D eigenvalue weighted by molar-refractivity contribution is 5.93. The fourth-order valence-electron chi connectivity index (χ4n) is 4.59. The SMILES string of the molecule is C=CC(=O)C(c1ccccc1)[N+](C)(C)CCNc1cccc2c1Cc1ccccc1-2. The summed E-state index contributed by atoms with van der Waals surface area (Å²) in [4.78, 5) is 12.7. The number of nitrogens with one attached hydrogen (secondary N) is 1. The second kappa shape index (κ2) is 8.29. The van der Waals surface area contributed by atoms with Crippen molar-refractivity contribution in [1.29, 1.82) is 0 Å². The molecule has 0 amide bonds. The molecule has 3 aromatic rings. The first-order chi connectivity index (χ1) is 14.5. The molecule has 0 saturated heterocycles. The Morgan fingerprint density at radius 1 is 1.00 bits per heavy atom. The van der Waals surface area contributed by atoms with Crippen LogP contribution in [0.5, 0.6) is 0 Å². The second-order valence-electron chi connectivity index (χ2n) is 8.51. The first kappa shape index (κ1) is 20.1. The first-order valence-electron chi connectivity index (χ1n) is 10.5. The molecule has 0 aromatic heterocycles. The maximum atomic E-state index is 12.7. The molecule has 0 bridgehead atoms. The third-order valence-electron chi connectivity index (χ3n) is 6.14. The van der Waals surface area contributed by atoms with Crippen molar-refractivity contribution < 1.29 is 9.28 Å². The van der Waals surface area contributed by atoms with E-state index in [1.54, 1.807) is 0 Å². The average Bonchev–Trinajstić information content (AvgIpc) is 3.14. The summed E-state index contributed by atoms with van der Waals surface area (Å²) in [7, 11) is 4.23. The number of hydrogen-bond donors (Lipinski definition) is 1. The number of rotatable bonds is 8. The van der Waals surface area contributed by atoms with Crippen LogP contribution in [0.1, 0.15) is 22.7 Å². The highest BCUT2D eigenvalue weighted by Crippen LogP contribution is 2.40. The lowest BCUT2D eigenvalue weighted by Crippen LogP contribution is -2.49. The second-order valence-corrected chi connectivity index (χ2v) is 8.51. The number of nitrogens with zero attached hydrogens (tertiary/aromatic N) is 1. The van der Waals surface area contributed by atoms with Gasteiger partial charge in [0.05, 0.1) is 27.2 Å². The highest BCUT2D eigenvalue weighted by Gasteiger charge is 2.34. The topological polar surface area (TPSA) is 29.1 Å². The number of carbonyl (C=O) groups excluding carboxylic acids is 1. The maximum Gasteiger partial charge on any atom is 0.217 e. The van der Waals surface area contributed by atoms with Gasteiger partial charge in [-0.2, -0.15) is 0 Å². The number of ketones is 1. The van der Waals surface area contributed by atoms with Gasteiger partial charge in [-0.25, -0.2) is 0 Å². The minimum atomic E-state index is -0.253. The quantitative estimate of drug-likeness (QED) is 0.325. The number of carbonyl (C=O) groups is 1. The lowest BCUT2D eigenvalue weighted by atomic mass is 9.99. The normalized spacial score (nSPS) is 13.3. The fourth-order valence-corrected chi connectivity index (χ4v) is 4.59. The number of anilines is 1. The minimum Gasteiger partial charge on any atom is -0.379 e. The number of hydrogen-bond acceptors (Lipinski definition) is 2. The van der Waals surface area contributed by atoms with Crippen LogP contribution in [0.4, 0.5) is 5.69 Å². The molecule has 1 N–H and O–H groups in total. The summed E-state index contributed by atoms with van der Waals surface area (Å²) in [5.41, 5.74) is 7.64. The van der Waals surface area contributed by atoms with Gasteiger partial charge in [-0.15, -0.1) is 0 Å². The predicted octanol–water partition coefficient (Wildman–Crippen LogP) is 5.24. The van der Waals surface area contributed by atoms with Crippen LogP contribution in [-0.4, -0.2) is 37.5 Å². The van der Waals surface area contributed by atoms with E-state index >= 15 is 0 Å². The summed E-state index contributed by atoms with van der Waals surface area (Å²) in [6.07, 6.45) is 2.42. The molecule has 0 fully saturated rings. The van der Waals surface area contributed by atoms with Crippen LogP contribution in [0.15, 0.2) is 85.5 Å². The molecule has 3 nitrogen and oxygen atoms in total. The Balaban J connectivity index is 1.50. The van der Waals surface area contributed by atoms with E-state index in [0.717, 1.165) is 25.1 Å². The molecule has 1 aliphatic carbocycles. The summed E-state index contributed by atoms with van der Waals surface area (Å²) < 4.78 is 0.567. The Bertz CT molecular complexity index is 1070. The summed E-state index contributed by atoms with van der Waals surface area (Å²) in [6, 6.07) is 24.9. The van der Waals surface area contributed by atoms with Gasteiger partial charge >= 0.3 is 0 Å². The summed E-state index contributed by atoms with van der Waals surface area (Å²) in [5, 5.41) is 3.65. The Hall–Kier alpha value is -3.17. The largest absolute Gasteiger partial charge is 0.379 e. The monoisotopic (exact) mass is 397 g/mol. The Morgan fingerprint density at radius 3 is 2.47 bits per heavy atom. The number of quaternary nitrogens is 1. The van der Waals surface area contributed by atoms with E-state index in [-0.39, 0.29) is 11.8 Å². The first-order valence-corrected chi connectivity index (χ1v) is 10.5. The number of benzene rings is 3. The molecule has 1 aliphatic rings. The van der Waals surface area contributed by atoms with Gasteiger partial charge in [0, 0.05) is 17.7 Å². The molecule has 0 heterocycles. The van der Waals surface area contributed by atoms with Crippen molar-refractivity contribution in [2.45, 2.75) is 12.5 Å². The molecule has 3 heteroatoms. The van der Waals surface area contributed by atoms with E-state index in [1.165, 1.54) is 34.0 Å². The van der Waals surface area contributed by atoms with Crippen LogP contribution in [0, 0.1) is 0 Å². The van der Waals surface area contributed by atoms with Gasteiger partial charge < -0.3 is 9.80 Å². The zero-order chi connectivity index (χ0) is 21.1. The van der Waals surface area contributed by atoms with Crippen LogP contribution in [0.25, 0.3) is 11.1 Å². The third kappa shape index (κ3) is 3.81. The van der Waals surface area contributed by atoms with E-state index in [2.05, 4.69) is 68.5 Å². The maximum absolute atomic E-state index is 12.7. The molecule has 152 valence electrons. The Labute approximate surface area is 179 Å². The minimum absolute atomic E-state index is 0.0576. The van der Waals surface area contributed by atoms with E-state index in [9.17, 15) is 4.79 Å². The lowest BCUT2D eigenvalue weighted by molar-refractivity contribution is -0.909. The molecule has 0 spiro atoms. The van der Waals surface area contributed by atoms with Gasteiger partial charge in [-0.3, -0.25) is 4.79 Å². The summed E-state index contributed by atoms with van der Waals surface area (Å²) in [6.45, 7) is 5.33. The van der Waals surface area contributed by atoms with Crippen molar-refractivity contribution in [2.75, 3.05) is 32.5 Å². The van der Waals surface area contributed by atoms with Crippen LogP contribution in [-0.2, 0) is 11.2 Å². The molecular formula is C27H29N2O+. The van der Waals surface area contributed by atoms with Gasteiger partial charge in [0.25, 0.3) is 0 Å². The molecular weight excluding hydrogens is 368 g/mol. The molecule has 0 saturated carbocycles. The number of fused-ring (bicyclic) bond motifs is 3. The molecule has 30 heavy (non-hydrogen) atoms. The zero-order valence-electron chi connectivity index (χ0n) is 17.8. The van der Waals surface area contributed by atoms with E-state index in [1.807, 2.05) is 30.3 Å². The standard InChI is InChI=1S/C27H29N2O/c1-4-26(30)27(20-11-6-5-7-12-20)29(2,3)18-17-28-25-16-10-15-23-22-14-9-8-13-21(22)19-24(23)25/h4-16,27-28H,1,17-19H2,2-3H3/q+1. The Morgan fingerprint density at radius 2 is 1.70 bits per heavy atom. The molecule has 1 atom stereocenters. The lowest BCUT2D eigenvalue weighted by Gasteiger charge is -2.37. The van der Waals surface area contributed by atoms with Crippen molar-refractivity contribution in [3.8, 4) is 11.1 Å². The van der Waals surface area contributed by atoms with Crippen LogP contribution in [0.2, 0.25) is 0 Å². The van der Waals surface area contributed by atoms with Gasteiger partial charge in [0.1, 0.15) is 0 Å². The zero-order valence-corrected chi connectivity index (χ0v) is 17.8. The van der Waals surface area contributed by atoms with Crippen molar-refractivity contribution >= 4 is 11.5 Å². The molecule has 0 aliphatic heterocycles. The van der Waals surface area contributed by atoms with E-state index in [0.29, 0.717) is 4.48 Å². The average molecular weight is 398 g/mol. The van der Waals surface area contributed by atoms with Crippen LogP contribution in [0.3, 0.4) is 0 Å². The summed E-state index contributed by atoms with van der Waals surface area (Å²) >= 11 is 0.